The zero-order valence-electron chi connectivity index (χ0n) is 21.2. The Kier molecular flexibility index (Phi) is 7.47. The summed E-state index contributed by atoms with van der Waals surface area (Å²) in [6, 6.07) is 18.4. The van der Waals surface area contributed by atoms with Gasteiger partial charge < -0.3 is 19.3 Å². The molecule has 0 bridgehead atoms. The van der Waals surface area contributed by atoms with E-state index in [2.05, 4.69) is 36.1 Å². The average molecular weight is 487 g/mol. The Morgan fingerprint density at radius 1 is 1.03 bits per heavy atom. The van der Waals surface area contributed by atoms with Crippen molar-refractivity contribution in [1.82, 2.24) is 14.9 Å². The molecule has 2 aliphatic rings. The van der Waals surface area contributed by atoms with Crippen molar-refractivity contribution in [1.29, 1.82) is 0 Å². The van der Waals surface area contributed by atoms with Crippen LogP contribution in [0, 0.1) is 5.92 Å². The van der Waals surface area contributed by atoms with Crippen molar-refractivity contribution >= 4 is 11.7 Å². The van der Waals surface area contributed by atoms with Gasteiger partial charge >= 0.3 is 0 Å². The van der Waals surface area contributed by atoms with E-state index in [1.807, 2.05) is 35.2 Å². The summed E-state index contributed by atoms with van der Waals surface area (Å²) in [5.74, 6) is 2.82. The van der Waals surface area contributed by atoms with Crippen LogP contribution in [-0.4, -0.2) is 67.3 Å². The summed E-state index contributed by atoms with van der Waals surface area (Å²) in [4.78, 5) is 27.4. The standard InChI is InChI=1S/C29H34N4O3/c1-3-26-25(19-21-9-11-24(35-2)12-10-21)28(31-27(30-26)22-7-5-4-6-8-22)32-14-16-33(17-15-32)29(34)23-13-18-36-20-23/h4-12,23H,3,13-20H2,1-2H3. The number of carbonyl (C=O) groups excluding carboxylic acids is 1. The van der Waals surface area contributed by atoms with Gasteiger partial charge in [-0.1, -0.05) is 49.4 Å². The third-order valence-corrected chi connectivity index (χ3v) is 7.15. The van der Waals surface area contributed by atoms with E-state index < -0.39 is 0 Å². The zero-order chi connectivity index (χ0) is 24.9. The number of methoxy groups -OCH3 is 1. The highest BCUT2D eigenvalue weighted by Crippen LogP contribution is 2.30. The van der Waals surface area contributed by atoms with Gasteiger partial charge in [-0.05, 0) is 30.5 Å². The van der Waals surface area contributed by atoms with Gasteiger partial charge in [0.2, 0.25) is 5.91 Å². The van der Waals surface area contributed by atoms with Gasteiger partial charge in [-0.3, -0.25) is 4.79 Å². The lowest BCUT2D eigenvalue weighted by Crippen LogP contribution is -2.51. The fraction of sp³-hybridized carbons (Fsp3) is 0.414. The van der Waals surface area contributed by atoms with E-state index in [1.165, 1.54) is 5.56 Å². The molecule has 7 nitrogen and oxygen atoms in total. The molecule has 5 rings (SSSR count). The number of hydrogen-bond donors (Lipinski definition) is 0. The van der Waals surface area contributed by atoms with Gasteiger partial charge in [0.1, 0.15) is 11.6 Å². The van der Waals surface area contributed by atoms with Crippen LogP contribution in [0.15, 0.2) is 54.6 Å². The topological polar surface area (TPSA) is 67.8 Å². The number of carbonyl (C=O) groups is 1. The van der Waals surface area contributed by atoms with Gasteiger partial charge in [-0.2, -0.15) is 0 Å². The minimum absolute atomic E-state index is 0.0117. The molecule has 0 radical (unpaired) electrons. The minimum atomic E-state index is 0.0117. The number of aromatic nitrogens is 2. The first-order valence-corrected chi connectivity index (χ1v) is 12.9. The molecular formula is C29H34N4O3. The number of nitrogens with zero attached hydrogens (tertiary/aromatic N) is 4. The Labute approximate surface area is 213 Å². The van der Waals surface area contributed by atoms with Crippen LogP contribution in [0.1, 0.15) is 30.2 Å². The molecule has 36 heavy (non-hydrogen) atoms. The van der Waals surface area contributed by atoms with Crippen LogP contribution in [0.5, 0.6) is 5.75 Å². The third-order valence-electron chi connectivity index (χ3n) is 7.15. The van der Waals surface area contributed by atoms with E-state index in [9.17, 15) is 4.79 Å². The highest BCUT2D eigenvalue weighted by Gasteiger charge is 2.31. The maximum atomic E-state index is 12.9. The summed E-state index contributed by atoms with van der Waals surface area (Å²) in [6.07, 6.45) is 2.40. The number of aryl methyl sites for hydroxylation is 1. The zero-order valence-corrected chi connectivity index (χ0v) is 21.2. The van der Waals surface area contributed by atoms with Crippen LogP contribution in [0.3, 0.4) is 0 Å². The Morgan fingerprint density at radius 3 is 2.42 bits per heavy atom. The van der Waals surface area contributed by atoms with Gasteiger partial charge in [0.25, 0.3) is 0 Å². The van der Waals surface area contributed by atoms with Crippen LogP contribution in [0.4, 0.5) is 5.82 Å². The fourth-order valence-electron chi connectivity index (χ4n) is 5.04. The van der Waals surface area contributed by atoms with E-state index >= 15 is 0 Å². The largest absolute Gasteiger partial charge is 0.497 e. The van der Waals surface area contributed by atoms with Crippen molar-refractivity contribution in [3.05, 3.63) is 71.4 Å². The monoisotopic (exact) mass is 486 g/mol. The molecule has 1 aromatic heterocycles. The number of rotatable bonds is 7. The van der Waals surface area contributed by atoms with Crippen molar-refractivity contribution in [3.8, 4) is 17.1 Å². The summed E-state index contributed by atoms with van der Waals surface area (Å²) in [5, 5.41) is 0. The first kappa shape index (κ1) is 24.3. The Bertz CT molecular complexity index is 1170. The molecule has 2 saturated heterocycles. The predicted octanol–water partition coefficient (Wildman–Crippen LogP) is 3.99. The number of anilines is 1. The lowest BCUT2D eigenvalue weighted by molar-refractivity contribution is -0.135. The van der Waals surface area contributed by atoms with Crippen molar-refractivity contribution in [3.63, 3.8) is 0 Å². The van der Waals surface area contributed by atoms with Crippen LogP contribution < -0.4 is 9.64 Å². The van der Waals surface area contributed by atoms with Gasteiger partial charge in [-0.15, -0.1) is 0 Å². The minimum Gasteiger partial charge on any atom is -0.497 e. The smallest absolute Gasteiger partial charge is 0.228 e. The Balaban J connectivity index is 1.45. The molecule has 1 amide bonds. The van der Waals surface area contributed by atoms with Gasteiger partial charge in [0.15, 0.2) is 5.82 Å². The summed E-state index contributed by atoms with van der Waals surface area (Å²) in [7, 11) is 1.68. The molecule has 188 valence electrons. The molecule has 2 fully saturated rings. The summed E-state index contributed by atoms with van der Waals surface area (Å²) in [5.41, 5.74) is 4.43. The second-order valence-corrected chi connectivity index (χ2v) is 9.41. The van der Waals surface area contributed by atoms with Crippen molar-refractivity contribution in [2.24, 2.45) is 5.92 Å². The molecule has 0 N–H and O–H groups in total. The van der Waals surface area contributed by atoms with E-state index in [-0.39, 0.29) is 11.8 Å². The Hall–Kier alpha value is -3.45. The quantitative estimate of drug-likeness (QED) is 0.503. The fourth-order valence-corrected chi connectivity index (χ4v) is 5.04. The van der Waals surface area contributed by atoms with Crippen LogP contribution in [0.25, 0.3) is 11.4 Å². The average Bonchev–Trinajstić information content (AvgIpc) is 3.49. The van der Waals surface area contributed by atoms with Crippen LogP contribution in [-0.2, 0) is 22.4 Å². The lowest BCUT2D eigenvalue weighted by Gasteiger charge is -2.37. The molecule has 1 atom stereocenters. The van der Waals surface area contributed by atoms with E-state index in [4.69, 9.17) is 19.4 Å². The molecule has 3 heterocycles. The van der Waals surface area contributed by atoms with E-state index in [0.717, 1.165) is 66.6 Å². The molecule has 7 heteroatoms. The first-order valence-electron chi connectivity index (χ1n) is 12.9. The molecule has 2 aliphatic heterocycles. The number of piperazine rings is 1. The maximum Gasteiger partial charge on any atom is 0.228 e. The SMILES string of the molecule is CCc1nc(-c2ccccc2)nc(N2CCN(C(=O)C3CCOC3)CC2)c1Cc1ccc(OC)cc1. The van der Waals surface area contributed by atoms with Gasteiger partial charge in [0.05, 0.1) is 19.6 Å². The number of ether oxygens (including phenoxy) is 2. The van der Waals surface area contributed by atoms with Gasteiger partial charge in [-0.25, -0.2) is 9.97 Å². The molecule has 0 saturated carbocycles. The normalized spacial score (nSPS) is 17.9. The summed E-state index contributed by atoms with van der Waals surface area (Å²) < 4.78 is 10.8. The number of amides is 1. The van der Waals surface area contributed by atoms with Crippen LogP contribution >= 0.6 is 0 Å². The third kappa shape index (κ3) is 5.21. The molecule has 1 unspecified atom stereocenters. The highest BCUT2D eigenvalue weighted by molar-refractivity contribution is 5.79. The highest BCUT2D eigenvalue weighted by atomic mass is 16.5. The van der Waals surface area contributed by atoms with Crippen LogP contribution in [0.2, 0.25) is 0 Å². The maximum absolute atomic E-state index is 12.9. The van der Waals surface area contributed by atoms with E-state index in [1.54, 1.807) is 7.11 Å². The lowest BCUT2D eigenvalue weighted by atomic mass is 10.0. The number of hydrogen-bond acceptors (Lipinski definition) is 6. The van der Waals surface area contributed by atoms with Crippen molar-refractivity contribution in [2.75, 3.05) is 51.4 Å². The first-order chi connectivity index (χ1) is 17.7. The van der Waals surface area contributed by atoms with Gasteiger partial charge in [0, 0.05) is 56.0 Å². The van der Waals surface area contributed by atoms with Crippen molar-refractivity contribution < 1.29 is 14.3 Å². The summed E-state index contributed by atoms with van der Waals surface area (Å²) in [6.45, 7) is 6.30. The molecule has 0 spiro atoms. The molecule has 0 aliphatic carbocycles. The second kappa shape index (κ2) is 11.1. The predicted molar refractivity (Wildman–Crippen MR) is 140 cm³/mol. The second-order valence-electron chi connectivity index (χ2n) is 9.41. The Morgan fingerprint density at radius 2 is 1.78 bits per heavy atom. The molecule has 2 aromatic carbocycles. The molecule has 3 aromatic rings. The molecular weight excluding hydrogens is 452 g/mol. The van der Waals surface area contributed by atoms with E-state index in [0.29, 0.717) is 26.3 Å². The number of benzene rings is 2. The van der Waals surface area contributed by atoms with Crippen molar-refractivity contribution in [2.45, 2.75) is 26.2 Å². The summed E-state index contributed by atoms with van der Waals surface area (Å²) >= 11 is 0.